The Balaban J connectivity index is 3.24. The Bertz CT molecular complexity index is 416. The number of nitrogens with two attached hydrogens (primary N) is 1. The highest BCUT2D eigenvalue weighted by molar-refractivity contribution is 7.80. The van der Waals surface area contributed by atoms with Gasteiger partial charge in [-0.25, -0.2) is 0 Å². The van der Waals surface area contributed by atoms with Crippen molar-refractivity contribution in [1.29, 1.82) is 0 Å². The number of hydrogen-bond donors (Lipinski definition) is 2. The molecular weight excluding hydrogens is 212 g/mol. The third-order valence-corrected chi connectivity index (χ3v) is 2.23. The molecule has 1 aromatic rings. The minimum atomic E-state index is -0.426. The summed E-state index contributed by atoms with van der Waals surface area (Å²) < 4.78 is 0. The molecule has 0 unspecified atom stereocenters. The predicted octanol–water partition coefficient (Wildman–Crippen LogP) is 2.43. The van der Waals surface area contributed by atoms with Crippen LogP contribution in [0, 0.1) is 17.0 Å². The SMILES string of the molecule is Cc1cc([N+](=O)[O-])cc(C=CCS)c1N. The zero-order valence-corrected chi connectivity index (χ0v) is 9.20. The van der Waals surface area contributed by atoms with Gasteiger partial charge < -0.3 is 5.73 Å². The fourth-order valence-electron chi connectivity index (χ4n) is 1.23. The van der Waals surface area contributed by atoms with Gasteiger partial charge in [0.1, 0.15) is 0 Å². The van der Waals surface area contributed by atoms with Crippen molar-refractivity contribution < 1.29 is 4.92 Å². The number of aryl methyl sites for hydroxylation is 1. The van der Waals surface area contributed by atoms with E-state index >= 15 is 0 Å². The minimum absolute atomic E-state index is 0.0560. The van der Waals surface area contributed by atoms with Gasteiger partial charge in [0.05, 0.1) is 4.92 Å². The maximum atomic E-state index is 10.6. The van der Waals surface area contributed by atoms with E-state index in [4.69, 9.17) is 5.73 Å². The number of nitro groups is 1. The second-order valence-electron chi connectivity index (χ2n) is 3.11. The van der Waals surface area contributed by atoms with Gasteiger partial charge in [0.15, 0.2) is 0 Å². The largest absolute Gasteiger partial charge is 0.398 e. The van der Waals surface area contributed by atoms with Gasteiger partial charge >= 0.3 is 0 Å². The van der Waals surface area contributed by atoms with Gasteiger partial charge in [-0.1, -0.05) is 12.2 Å². The molecule has 0 saturated carbocycles. The summed E-state index contributed by atoms with van der Waals surface area (Å²) in [5, 5.41) is 10.6. The maximum Gasteiger partial charge on any atom is 0.270 e. The third kappa shape index (κ3) is 2.73. The van der Waals surface area contributed by atoms with Gasteiger partial charge in [0.25, 0.3) is 5.69 Å². The van der Waals surface area contributed by atoms with Gasteiger partial charge in [0.2, 0.25) is 0 Å². The Morgan fingerprint density at radius 3 is 2.80 bits per heavy atom. The van der Waals surface area contributed by atoms with E-state index in [1.807, 2.05) is 0 Å². The van der Waals surface area contributed by atoms with Crippen molar-refractivity contribution in [2.75, 3.05) is 11.5 Å². The maximum absolute atomic E-state index is 10.6. The molecule has 1 aromatic carbocycles. The summed E-state index contributed by atoms with van der Waals surface area (Å²) in [6, 6.07) is 2.93. The van der Waals surface area contributed by atoms with E-state index in [1.54, 1.807) is 19.1 Å². The lowest BCUT2D eigenvalue weighted by molar-refractivity contribution is -0.384. The summed E-state index contributed by atoms with van der Waals surface area (Å²) in [5.41, 5.74) is 7.79. The van der Waals surface area contributed by atoms with Gasteiger partial charge in [-0.2, -0.15) is 12.6 Å². The normalized spacial score (nSPS) is 10.8. The lowest BCUT2D eigenvalue weighted by Gasteiger charge is -2.04. The van der Waals surface area contributed by atoms with Crippen LogP contribution in [0.2, 0.25) is 0 Å². The highest BCUT2D eigenvalue weighted by Crippen LogP contribution is 2.25. The molecule has 0 aliphatic heterocycles. The first-order valence-electron chi connectivity index (χ1n) is 4.38. The smallest absolute Gasteiger partial charge is 0.270 e. The summed E-state index contributed by atoms with van der Waals surface area (Å²) in [6.45, 7) is 1.75. The first kappa shape index (κ1) is 11.6. The molecule has 0 radical (unpaired) electrons. The van der Waals surface area contributed by atoms with Crippen molar-refractivity contribution in [3.63, 3.8) is 0 Å². The Morgan fingerprint density at radius 2 is 2.27 bits per heavy atom. The summed E-state index contributed by atoms with van der Waals surface area (Å²) in [6.07, 6.45) is 3.53. The number of non-ortho nitro benzene ring substituents is 1. The van der Waals surface area contributed by atoms with Crippen LogP contribution in [0.1, 0.15) is 11.1 Å². The Labute approximate surface area is 93.3 Å². The lowest BCUT2D eigenvalue weighted by Crippen LogP contribution is -1.96. The first-order valence-corrected chi connectivity index (χ1v) is 5.01. The van der Waals surface area contributed by atoms with E-state index in [-0.39, 0.29) is 5.69 Å². The number of benzene rings is 1. The van der Waals surface area contributed by atoms with Crippen LogP contribution in [0.4, 0.5) is 11.4 Å². The topological polar surface area (TPSA) is 69.2 Å². The molecule has 0 aliphatic rings. The fourth-order valence-corrected chi connectivity index (χ4v) is 1.33. The van der Waals surface area contributed by atoms with Gasteiger partial charge in [-0.15, -0.1) is 0 Å². The predicted molar refractivity (Wildman–Crippen MR) is 65.1 cm³/mol. The van der Waals surface area contributed by atoms with Crippen molar-refractivity contribution in [3.8, 4) is 0 Å². The average Bonchev–Trinajstić information content (AvgIpc) is 2.19. The highest BCUT2D eigenvalue weighted by Gasteiger charge is 2.10. The van der Waals surface area contributed by atoms with Gasteiger partial charge in [-0.3, -0.25) is 10.1 Å². The number of nitrogen functional groups attached to an aromatic ring is 1. The Morgan fingerprint density at radius 1 is 1.60 bits per heavy atom. The van der Waals surface area contributed by atoms with Crippen LogP contribution in [-0.4, -0.2) is 10.7 Å². The Hall–Kier alpha value is -1.49. The molecule has 0 bridgehead atoms. The summed E-state index contributed by atoms with van der Waals surface area (Å²) in [7, 11) is 0. The summed E-state index contributed by atoms with van der Waals surface area (Å²) in [4.78, 5) is 10.2. The number of hydrogen-bond acceptors (Lipinski definition) is 4. The lowest BCUT2D eigenvalue weighted by atomic mass is 10.1. The number of nitro benzene ring substituents is 1. The van der Waals surface area contributed by atoms with Crippen molar-refractivity contribution in [3.05, 3.63) is 39.4 Å². The monoisotopic (exact) mass is 224 g/mol. The summed E-state index contributed by atoms with van der Waals surface area (Å²) in [5.74, 6) is 0.571. The molecule has 0 heterocycles. The fraction of sp³-hybridized carbons (Fsp3) is 0.200. The zero-order valence-electron chi connectivity index (χ0n) is 8.30. The molecule has 5 heteroatoms. The first-order chi connectivity index (χ1) is 7.06. The van der Waals surface area contributed by atoms with E-state index in [0.29, 0.717) is 22.6 Å². The van der Waals surface area contributed by atoms with E-state index in [0.717, 1.165) is 0 Å². The molecule has 4 nitrogen and oxygen atoms in total. The van der Waals surface area contributed by atoms with Gasteiger partial charge in [0, 0.05) is 29.1 Å². The van der Waals surface area contributed by atoms with E-state index in [9.17, 15) is 10.1 Å². The van der Waals surface area contributed by atoms with Gasteiger partial charge in [-0.05, 0) is 12.5 Å². The molecule has 0 fully saturated rings. The highest BCUT2D eigenvalue weighted by atomic mass is 32.1. The van der Waals surface area contributed by atoms with Crippen LogP contribution in [0.15, 0.2) is 18.2 Å². The van der Waals surface area contributed by atoms with Crippen molar-refractivity contribution in [2.24, 2.45) is 0 Å². The number of anilines is 1. The molecule has 0 saturated heterocycles. The Kier molecular flexibility index (Phi) is 3.74. The molecule has 0 spiro atoms. The number of nitrogens with zero attached hydrogens (tertiary/aromatic N) is 1. The van der Waals surface area contributed by atoms with Crippen molar-refractivity contribution in [2.45, 2.75) is 6.92 Å². The molecule has 1 rings (SSSR count). The van der Waals surface area contributed by atoms with E-state index < -0.39 is 4.92 Å². The zero-order chi connectivity index (χ0) is 11.4. The molecular formula is C10H12N2O2S. The standard InChI is InChI=1S/C10H12N2O2S/c1-7-5-9(12(13)14)6-8(10(7)11)3-2-4-15/h2-3,5-6,15H,4,11H2,1H3. The van der Waals surface area contributed by atoms with E-state index in [1.165, 1.54) is 12.1 Å². The molecule has 0 amide bonds. The molecule has 2 N–H and O–H groups in total. The van der Waals surface area contributed by atoms with Crippen LogP contribution < -0.4 is 5.73 Å². The van der Waals surface area contributed by atoms with Crippen LogP contribution >= 0.6 is 12.6 Å². The van der Waals surface area contributed by atoms with Crippen molar-refractivity contribution in [1.82, 2.24) is 0 Å². The van der Waals surface area contributed by atoms with Crippen LogP contribution in [0.3, 0.4) is 0 Å². The minimum Gasteiger partial charge on any atom is -0.398 e. The second-order valence-corrected chi connectivity index (χ2v) is 3.47. The van der Waals surface area contributed by atoms with E-state index in [2.05, 4.69) is 12.6 Å². The van der Waals surface area contributed by atoms with Crippen LogP contribution in [0.5, 0.6) is 0 Å². The molecule has 15 heavy (non-hydrogen) atoms. The quantitative estimate of drug-likeness (QED) is 0.358. The van der Waals surface area contributed by atoms with Crippen molar-refractivity contribution >= 4 is 30.1 Å². The molecule has 0 aromatic heterocycles. The molecule has 0 aliphatic carbocycles. The third-order valence-electron chi connectivity index (χ3n) is 2.02. The van der Waals surface area contributed by atoms with Crippen LogP contribution in [-0.2, 0) is 0 Å². The second kappa shape index (κ2) is 4.84. The molecule has 0 atom stereocenters. The summed E-state index contributed by atoms with van der Waals surface area (Å²) >= 11 is 4.02. The van der Waals surface area contributed by atoms with Crippen LogP contribution in [0.25, 0.3) is 6.08 Å². The molecule has 80 valence electrons. The average molecular weight is 224 g/mol. The number of thiol groups is 1. The number of rotatable bonds is 3.